The van der Waals surface area contributed by atoms with E-state index < -0.39 is 0 Å². The second-order valence-corrected chi connectivity index (χ2v) is 5.59. The van der Waals surface area contributed by atoms with Gasteiger partial charge < -0.3 is 10.6 Å². The minimum Gasteiger partial charge on any atom is -0.320 e. The van der Waals surface area contributed by atoms with Crippen molar-refractivity contribution in [3.63, 3.8) is 0 Å². The van der Waals surface area contributed by atoms with E-state index in [9.17, 15) is 9.18 Å². The van der Waals surface area contributed by atoms with Crippen LogP contribution in [0.15, 0.2) is 24.3 Å². The van der Waals surface area contributed by atoms with Crippen LogP contribution in [0.25, 0.3) is 0 Å². The van der Waals surface area contributed by atoms with E-state index >= 15 is 0 Å². The molecule has 2 rings (SSSR count). The number of nitrogens with one attached hydrogen (secondary N) is 2. The summed E-state index contributed by atoms with van der Waals surface area (Å²) in [5.74, 6) is -0.343. The average molecular weight is 308 g/mol. The van der Waals surface area contributed by atoms with Crippen molar-refractivity contribution in [2.45, 2.75) is 19.3 Å². The van der Waals surface area contributed by atoms with E-state index in [0.717, 1.165) is 13.0 Å². The van der Waals surface area contributed by atoms with Crippen molar-refractivity contribution in [2.75, 3.05) is 18.9 Å². The predicted molar refractivity (Wildman–Crippen MR) is 80.9 cm³/mol. The fourth-order valence-corrected chi connectivity index (χ4v) is 2.57. The van der Waals surface area contributed by atoms with Crippen LogP contribution in [0, 0.1) is 5.82 Å². The largest absolute Gasteiger partial charge is 0.320 e. The number of nitrogens with zero attached hydrogens (tertiary/aromatic N) is 2. The Kier molecular flexibility index (Phi) is 5.77. The van der Waals surface area contributed by atoms with Gasteiger partial charge >= 0.3 is 0 Å². The Bertz CT molecular complexity index is 602. The van der Waals surface area contributed by atoms with Crippen LogP contribution in [0.1, 0.15) is 23.4 Å². The van der Waals surface area contributed by atoms with Crippen LogP contribution in [-0.2, 0) is 11.2 Å². The number of aromatic nitrogens is 2. The third kappa shape index (κ3) is 4.87. The lowest BCUT2D eigenvalue weighted by atomic mass is 10.1. The number of amides is 1. The summed E-state index contributed by atoms with van der Waals surface area (Å²) in [6.07, 6.45) is 1.58. The van der Waals surface area contributed by atoms with Crippen LogP contribution in [0.5, 0.6) is 0 Å². The molecule has 0 fully saturated rings. The first-order valence-corrected chi connectivity index (χ1v) is 7.51. The van der Waals surface area contributed by atoms with Gasteiger partial charge in [-0.2, -0.15) is 0 Å². The molecule has 2 N–H and O–H groups in total. The number of anilines is 1. The Morgan fingerprint density at radius 1 is 1.33 bits per heavy atom. The molecule has 0 unspecified atom stereocenters. The van der Waals surface area contributed by atoms with E-state index in [1.54, 1.807) is 18.2 Å². The zero-order valence-corrected chi connectivity index (χ0v) is 12.5. The number of carbonyl (C=O) groups is 1. The molecule has 0 atom stereocenters. The maximum absolute atomic E-state index is 13.5. The van der Waals surface area contributed by atoms with Gasteiger partial charge in [-0.05, 0) is 31.6 Å². The van der Waals surface area contributed by atoms with Gasteiger partial charge in [0.2, 0.25) is 11.0 Å². The smallest absolute Gasteiger partial charge is 0.226 e. The zero-order valence-electron chi connectivity index (χ0n) is 11.7. The molecule has 2 aromatic rings. The molecular weight excluding hydrogens is 291 g/mol. The standard InChI is InChI=1S/C14H17FN4OS/c1-16-8-4-7-12(20)17-14-19-18-13(21-14)9-10-5-2-3-6-11(10)15/h2-3,5-6,16H,4,7-9H2,1H3,(H,17,19,20). The zero-order chi connectivity index (χ0) is 15.1. The first-order valence-electron chi connectivity index (χ1n) is 6.69. The van der Waals surface area contributed by atoms with Gasteiger partial charge in [-0.25, -0.2) is 4.39 Å². The van der Waals surface area contributed by atoms with Gasteiger partial charge in [0.1, 0.15) is 10.8 Å². The Hall–Kier alpha value is -1.86. The molecule has 1 aromatic carbocycles. The predicted octanol–water partition coefficient (Wildman–Crippen LogP) is 2.21. The molecule has 0 saturated heterocycles. The molecule has 0 radical (unpaired) electrons. The first kappa shape index (κ1) is 15.5. The fraction of sp³-hybridized carbons (Fsp3) is 0.357. The van der Waals surface area contributed by atoms with Gasteiger partial charge in [0.25, 0.3) is 0 Å². The highest BCUT2D eigenvalue weighted by Crippen LogP contribution is 2.20. The summed E-state index contributed by atoms with van der Waals surface area (Å²) in [5.41, 5.74) is 0.570. The van der Waals surface area contributed by atoms with Crippen LogP contribution >= 0.6 is 11.3 Å². The molecule has 0 aliphatic heterocycles. The Morgan fingerprint density at radius 2 is 2.14 bits per heavy atom. The lowest BCUT2D eigenvalue weighted by molar-refractivity contribution is -0.116. The van der Waals surface area contributed by atoms with E-state index in [2.05, 4.69) is 20.8 Å². The maximum Gasteiger partial charge on any atom is 0.226 e. The molecule has 7 heteroatoms. The summed E-state index contributed by atoms with van der Waals surface area (Å²) in [4.78, 5) is 11.6. The van der Waals surface area contributed by atoms with Crippen LogP contribution in [0.3, 0.4) is 0 Å². The van der Waals surface area contributed by atoms with Crippen LogP contribution < -0.4 is 10.6 Å². The van der Waals surface area contributed by atoms with Gasteiger partial charge in [-0.1, -0.05) is 29.5 Å². The molecule has 0 spiro atoms. The van der Waals surface area contributed by atoms with E-state index in [1.165, 1.54) is 17.4 Å². The van der Waals surface area contributed by atoms with Crippen molar-refractivity contribution in [3.05, 3.63) is 40.7 Å². The Labute approximate surface area is 126 Å². The lowest BCUT2D eigenvalue weighted by Crippen LogP contribution is -2.15. The van der Waals surface area contributed by atoms with Crippen molar-refractivity contribution in [3.8, 4) is 0 Å². The minimum absolute atomic E-state index is 0.0844. The molecule has 112 valence electrons. The molecule has 0 aliphatic carbocycles. The molecule has 1 amide bonds. The quantitative estimate of drug-likeness (QED) is 0.770. The van der Waals surface area contributed by atoms with Gasteiger partial charge in [-0.3, -0.25) is 4.79 Å². The summed E-state index contributed by atoms with van der Waals surface area (Å²) in [6.45, 7) is 0.794. The maximum atomic E-state index is 13.5. The van der Waals surface area contributed by atoms with E-state index in [1.807, 2.05) is 7.05 Å². The van der Waals surface area contributed by atoms with Crippen LogP contribution in [-0.4, -0.2) is 29.7 Å². The second kappa shape index (κ2) is 7.80. The topological polar surface area (TPSA) is 66.9 Å². The molecule has 1 heterocycles. The number of halogens is 1. The highest BCUT2D eigenvalue weighted by Gasteiger charge is 2.10. The molecular formula is C14H17FN4OS. The lowest BCUT2D eigenvalue weighted by Gasteiger charge is -2.00. The van der Waals surface area contributed by atoms with E-state index in [4.69, 9.17) is 0 Å². The van der Waals surface area contributed by atoms with Crippen molar-refractivity contribution < 1.29 is 9.18 Å². The highest BCUT2D eigenvalue weighted by molar-refractivity contribution is 7.15. The Morgan fingerprint density at radius 3 is 2.90 bits per heavy atom. The number of hydrogen-bond donors (Lipinski definition) is 2. The summed E-state index contributed by atoms with van der Waals surface area (Å²) in [5, 5.41) is 14.7. The molecule has 5 nitrogen and oxygen atoms in total. The minimum atomic E-state index is -0.259. The van der Waals surface area contributed by atoms with Crippen molar-refractivity contribution >= 4 is 22.4 Å². The van der Waals surface area contributed by atoms with E-state index in [0.29, 0.717) is 28.5 Å². The molecule has 1 aromatic heterocycles. The van der Waals surface area contributed by atoms with Crippen molar-refractivity contribution in [1.29, 1.82) is 0 Å². The number of carbonyl (C=O) groups excluding carboxylic acids is 1. The summed E-state index contributed by atoms with van der Waals surface area (Å²) in [7, 11) is 1.84. The van der Waals surface area contributed by atoms with Gasteiger partial charge in [0.15, 0.2) is 0 Å². The molecule has 21 heavy (non-hydrogen) atoms. The Balaban J connectivity index is 1.89. The molecule has 0 aliphatic rings. The van der Waals surface area contributed by atoms with Crippen molar-refractivity contribution in [2.24, 2.45) is 0 Å². The fourth-order valence-electron chi connectivity index (χ4n) is 1.79. The third-order valence-electron chi connectivity index (χ3n) is 2.84. The molecule has 0 bridgehead atoms. The van der Waals surface area contributed by atoms with Gasteiger partial charge in [0.05, 0.1) is 0 Å². The normalized spacial score (nSPS) is 10.6. The summed E-state index contributed by atoms with van der Waals surface area (Å²) < 4.78 is 13.5. The van der Waals surface area contributed by atoms with Gasteiger partial charge in [0, 0.05) is 12.8 Å². The number of hydrogen-bond acceptors (Lipinski definition) is 5. The SMILES string of the molecule is CNCCCC(=O)Nc1nnc(Cc2ccccc2F)s1. The third-order valence-corrected chi connectivity index (χ3v) is 3.68. The van der Waals surface area contributed by atoms with E-state index in [-0.39, 0.29) is 11.7 Å². The summed E-state index contributed by atoms with van der Waals surface area (Å²) in [6, 6.07) is 6.56. The first-order chi connectivity index (χ1) is 10.2. The number of rotatable bonds is 7. The van der Waals surface area contributed by atoms with Gasteiger partial charge in [-0.15, -0.1) is 10.2 Å². The van der Waals surface area contributed by atoms with Crippen LogP contribution in [0.2, 0.25) is 0 Å². The molecule has 0 saturated carbocycles. The summed E-state index contributed by atoms with van der Waals surface area (Å²) >= 11 is 1.27. The van der Waals surface area contributed by atoms with Crippen molar-refractivity contribution in [1.82, 2.24) is 15.5 Å². The second-order valence-electron chi connectivity index (χ2n) is 4.52. The average Bonchev–Trinajstić information content (AvgIpc) is 2.89. The number of benzene rings is 1. The highest BCUT2D eigenvalue weighted by atomic mass is 32.1. The monoisotopic (exact) mass is 308 g/mol. The van der Waals surface area contributed by atoms with Crippen LogP contribution in [0.4, 0.5) is 9.52 Å².